The number of ether oxygens (including phenoxy) is 2. The predicted molar refractivity (Wildman–Crippen MR) is 42.6 cm³/mol. The Labute approximate surface area is 70.8 Å². The molecule has 0 unspecified atom stereocenters. The monoisotopic (exact) mass is 162 g/mol. The summed E-state index contributed by atoms with van der Waals surface area (Å²) in [5.41, 5.74) is 0. The van der Waals surface area contributed by atoms with E-state index in [1.807, 2.05) is 0 Å². The van der Waals surface area contributed by atoms with Gasteiger partial charge in [-0.3, -0.25) is 0 Å². The van der Waals surface area contributed by atoms with Crippen LogP contribution in [0.25, 0.3) is 0 Å². The number of fused-ring (bicyclic) bond motifs is 9. The minimum absolute atomic E-state index is 0.347. The maximum absolute atomic E-state index is 5.79. The summed E-state index contributed by atoms with van der Waals surface area (Å²) in [6, 6.07) is 0. The van der Waals surface area contributed by atoms with E-state index in [0.29, 0.717) is 36.3 Å². The molecule has 0 amide bonds. The number of rotatable bonds is 0. The smallest absolute Gasteiger partial charge is 0.0825 e. The molecular formula is C10H10O2. The summed E-state index contributed by atoms with van der Waals surface area (Å²) in [5, 5.41) is 0. The van der Waals surface area contributed by atoms with Gasteiger partial charge in [0.15, 0.2) is 0 Å². The van der Waals surface area contributed by atoms with Crippen molar-refractivity contribution in [2.24, 2.45) is 11.8 Å². The Balaban J connectivity index is 1.86. The highest BCUT2D eigenvalue weighted by Gasteiger charge is 2.58. The molecule has 4 aliphatic heterocycles. The molecule has 0 N–H and O–H groups in total. The van der Waals surface area contributed by atoms with Crippen LogP contribution < -0.4 is 0 Å². The summed E-state index contributed by atoms with van der Waals surface area (Å²) >= 11 is 0. The average molecular weight is 162 g/mol. The first kappa shape index (κ1) is 5.95. The van der Waals surface area contributed by atoms with Crippen LogP contribution in [0.4, 0.5) is 0 Å². The molecule has 4 aliphatic rings. The second kappa shape index (κ2) is 1.68. The Bertz CT molecular complexity index is 240. The zero-order valence-electron chi connectivity index (χ0n) is 6.59. The van der Waals surface area contributed by atoms with Crippen LogP contribution in [0.3, 0.4) is 0 Å². The van der Waals surface area contributed by atoms with E-state index in [1.54, 1.807) is 0 Å². The van der Waals surface area contributed by atoms with Crippen LogP contribution in [0.5, 0.6) is 0 Å². The van der Waals surface area contributed by atoms with Gasteiger partial charge in [-0.25, -0.2) is 0 Å². The maximum atomic E-state index is 5.79. The highest BCUT2D eigenvalue weighted by atomic mass is 16.5. The molecule has 4 heterocycles. The van der Waals surface area contributed by atoms with Gasteiger partial charge in [0.2, 0.25) is 0 Å². The van der Waals surface area contributed by atoms with E-state index in [-0.39, 0.29) is 0 Å². The maximum Gasteiger partial charge on any atom is 0.0825 e. The van der Waals surface area contributed by atoms with Gasteiger partial charge < -0.3 is 9.47 Å². The van der Waals surface area contributed by atoms with Gasteiger partial charge in [0.25, 0.3) is 0 Å². The van der Waals surface area contributed by atoms with E-state index in [1.165, 1.54) is 0 Å². The van der Waals surface area contributed by atoms with Crippen LogP contribution in [-0.4, -0.2) is 24.4 Å². The first-order valence-electron chi connectivity index (χ1n) is 4.61. The summed E-state index contributed by atoms with van der Waals surface area (Å²) < 4.78 is 11.6. The van der Waals surface area contributed by atoms with Crippen LogP contribution in [0, 0.1) is 11.8 Å². The second-order valence-electron chi connectivity index (χ2n) is 4.06. The molecule has 0 aliphatic carbocycles. The van der Waals surface area contributed by atoms with Gasteiger partial charge in [-0.05, 0) is 0 Å². The molecule has 62 valence electrons. The third-order valence-corrected chi connectivity index (χ3v) is 3.57. The first-order valence-corrected chi connectivity index (χ1v) is 4.61. The van der Waals surface area contributed by atoms with Crippen molar-refractivity contribution in [3.63, 3.8) is 0 Å². The van der Waals surface area contributed by atoms with Crippen molar-refractivity contribution < 1.29 is 9.47 Å². The van der Waals surface area contributed by atoms with Gasteiger partial charge in [0, 0.05) is 11.8 Å². The van der Waals surface area contributed by atoms with Crippen molar-refractivity contribution in [3.8, 4) is 0 Å². The molecule has 0 aromatic rings. The topological polar surface area (TPSA) is 18.5 Å². The largest absolute Gasteiger partial charge is 0.366 e. The van der Waals surface area contributed by atoms with Gasteiger partial charge >= 0.3 is 0 Å². The zero-order chi connectivity index (χ0) is 7.71. The molecule has 2 saturated heterocycles. The second-order valence-corrected chi connectivity index (χ2v) is 4.06. The molecule has 0 aromatic heterocycles. The molecule has 4 atom stereocenters. The average Bonchev–Trinajstić information content (AvgIpc) is 2.83. The Morgan fingerprint density at radius 3 is 1.25 bits per heavy atom. The molecule has 0 radical (unpaired) electrons. The highest BCUT2D eigenvalue weighted by Crippen LogP contribution is 2.51. The molecule has 4 rings (SSSR count). The molecule has 4 bridgehead atoms. The fourth-order valence-corrected chi connectivity index (χ4v) is 3.11. The van der Waals surface area contributed by atoms with E-state index in [9.17, 15) is 0 Å². The molecule has 12 heavy (non-hydrogen) atoms. The van der Waals surface area contributed by atoms with E-state index in [0.717, 1.165) is 0 Å². The Morgan fingerprint density at radius 2 is 0.917 bits per heavy atom. The molecule has 2 heteroatoms. The van der Waals surface area contributed by atoms with Crippen LogP contribution >= 0.6 is 0 Å². The predicted octanol–water partition coefficient (Wildman–Crippen LogP) is 0.893. The highest BCUT2D eigenvalue weighted by molar-refractivity contribution is 5.27. The lowest BCUT2D eigenvalue weighted by Crippen LogP contribution is -2.30. The van der Waals surface area contributed by atoms with Crippen molar-refractivity contribution in [3.05, 3.63) is 24.3 Å². The van der Waals surface area contributed by atoms with Gasteiger partial charge in [-0.1, -0.05) is 24.3 Å². The van der Waals surface area contributed by atoms with Crippen molar-refractivity contribution in [2.45, 2.75) is 24.4 Å². The van der Waals surface area contributed by atoms with Crippen molar-refractivity contribution in [1.82, 2.24) is 0 Å². The molecule has 2 nitrogen and oxygen atoms in total. The summed E-state index contributed by atoms with van der Waals surface area (Å²) in [5.74, 6) is 1.24. The van der Waals surface area contributed by atoms with Crippen molar-refractivity contribution in [2.75, 3.05) is 0 Å². The summed E-state index contributed by atoms with van der Waals surface area (Å²) in [6.45, 7) is 0. The Hall–Kier alpha value is -0.600. The van der Waals surface area contributed by atoms with Crippen LogP contribution in [0.1, 0.15) is 0 Å². The summed E-state index contributed by atoms with van der Waals surface area (Å²) in [6.07, 6.45) is 10.2. The van der Waals surface area contributed by atoms with E-state index >= 15 is 0 Å². The van der Waals surface area contributed by atoms with Gasteiger partial charge in [-0.2, -0.15) is 0 Å². The third kappa shape index (κ3) is 0.474. The van der Waals surface area contributed by atoms with Crippen molar-refractivity contribution >= 4 is 0 Å². The normalized spacial score (nSPS) is 63.3. The molecular weight excluding hydrogens is 152 g/mol. The fraction of sp³-hybridized carbons (Fsp3) is 0.600. The standard InChI is InChI=1S/C10H10O2/c1-2-6-10-8-4-3-7(12-8)9(10)5(1)11-6/h1-10H/t5-,6+,7-,8+,9?,10?. The fourth-order valence-electron chi connectivity index (χ4n) is 3.11. The molecule has 2 fully saturated rings. The Morgan fingerprint density at radius 1 is 0.583 bits per heavy atom. The third-order valence-electron chi connectivity index (χ3n) is 3.57. The van der Waals surface area contributed by atoms with E-state index in [2.05, 4.69) is 24.3 Å². The lowest BCUT2D eigenvalue weighted by Gasteiger charge is -2.21. The number of hydrogen-bond donors (Lipinski definition) is 0. The minimum atomic E-state index is 0.347. The SMILES string of the molecule is C1=C[C@H]2O[C@@H]1C1C2[C@H]2C=C[C@@H]1O2. The lowest BCUT2D eigenvalue weighted by molar-refractivity contribution is 0.0240. The van der Waals surface area contributed by atoms with Crippen LogP contribution in [-0.2, 0) is 9.47 Å². The van der Waals surface area contributed by atoms with Crippen molar-refractivity contribution in [1.29, 1.82) is 0 Å². The quantitative estimate of drug-likeness (QED) is 0.492. The minimum Gasteiger partial charge on any atom is -0.366 e. The number of hydrogen-bond acceptors (Lipinski definition) is 2. The summed E-state index contributed by atoms with van der Waals surface area (Å²) in [7, 11) is 0. The van der Waals surface area contributed by atoms with Crippen LogP contribution in [0.2, 0.25) is 0 Å². The van der Waals surface area contributed by atoms with Crippen LogP contribution in [0.15, 0.2) is 24.3 Å². The first-order chi connectivity index (χ1) is 5.93. The van der Waals surface area contributed by atoms with Gasteiger partial charge in [0.05, 0.1) is 24.4 Å². The van der Waals surface area contributed by atoms with Gasteiger partial charge in [-0.15, -0.1) is 0 Å². The molecule has 0 aromatic carbocycles. The van der Waals surface area contributed by atoms with E-state index in [4.69, 9.17) is 9.47 Å². The van der Waals surface area contributed by atoms with E-state index < -0.39 is 0 Å². The molecule has 0 saturated carbocycles. The summed E-state index contributed by atoms with van der Waals surface area (Å²) in [4.78, 5) is 0. The Kier molecular flexibility index (Phi) is 0.832. The lowest BCUT2D eigenvalue weighted by atomic mass is 9.76. The zero-order valence-corrected chi connectivity index (χ0v) is 6.59. The van der Waals surface area contributed by atoms with Gasteiger partial charge in [0.1, 0.15) is 0 Å². The molecule has 0 spiro atoms.